The molecule has 0 aliphatic heterocycles. The third-order valence-corrected chi connectivity index (χ3v) is 5.70. The van der Waals surface area contributed by atoms with Crippen molar-refractivity contribution in [2.24, 2.45) is 0 Å². The fourth-order valence-electron chi connectivity index (χ4n) is 3.90. The normalized spacial score (nSPS) is 11.7. The molecule has 6 rings (SSSR count). The van der Waals surface area contributed by atoms with Crippen LogP contribution in [0.4, 0.5) is 0 Å². The first-order chi connectivity index (χ1) is 15.2. The van der Waals surface area contributed by atoms with Crippen molar-refractivity contribution in [3.63, 3.8) is 0 Å². The molecule has 0 atom stereocenters. The molecular weight excluding hydrogens is 410 g/mol. The number of aromatic nitrogens is 5. The molecule has 31 heavy (non-hydrogen) atoms. The van der Waals surface area contributed by atoms with Gasteiger partial charge in [-0.2, -0.15) is 0 Å². The SMILES string of the molecule is Cc1ccc2c(c1)c1nc3ccccc3nc1n2Cc1nnc(-c2ccccc2Cl)o1. The van der Waals surface area contributed by atoms with Crippen molar-refractivity contribution in [1.29, 1.82) is 0 Å². The molecule has 0 bridgehead atoms. The summed E-state index contributed by atoms with van der Waals surface area (Å²) in [5, 5.41) is 10.1. The van der Waals surface area contributed by atoms with E-state index < -0.39 is 0 Å². The van der Waals surface area contributed by atoms with Gasteiger partial charge in [-0.1, -0.05) is 47.5 Å². The summed E-state index contributed by atoms with van der Waals surface area (Å²) >= 11 is 6.29. The van der Waals surface area contributed by atoms with Crippen LogP contribution in [0.25, 0.3) is 44.6 Å². The molecule has 3 aromatic carbocycles. The van der Waals surface area contributed by atoms with Gasteiger partial charge in [-0.25, -0.2) is 9.97 Å². The largest absolute Gasteiger partial charge is 0.419 e. The Morgan fingerprint density at radius 3 is 2.52 bits per heavy atom. The van der Waals surface area contributed by atoms with Crippen LogP contribution in [0.2, 0.25) is 5.02 Å². The average Bonchev–Trinajstić information content (AvgIpc) is 3.36. The predicted octanol–water partition coefficient (Wildman–Crippen LogP) is 5.80. The van der Waals surface area contributed by atoms with Crippen LogP contribution in [-0.2, 0) is 6.54 Å². The fraction of sp³-hybridized carbons (Fsp3) is 0.0833. The van der Waals surface area contributed by atoms with E-state index in [2.05, 4.69) is 39.9 Å². The van der Waals surface area contributed by atoms with Gasteiger partial charge in [-0.3, -0.25) is 0 Å². The Morgan fingerprint density at radius 2 is 1.68 bits per heavy atom. The van der Waals surface area contributed by atoms with Crippen molar-refractivity contribution in [3.8, 4) is 11.5 Å². The van der Waals surface area contributed by atoms with Crippen LogP contribution in [-0.4, -0.2) is 24.7 Å². The first kappa shape index (κ1) is 18.0. The van der Waals surface area contributed by atoms with E-state index in [4.69, 9.17) is 26.0 Å². The van der Waals surface area contributed by atoms with E-state index in [9.17, 15) is 0 Å². The van der Waals surface area contributed by atoms with Gasteiger partial charge in [0.1, 0.15) is 12.1 Å². The molecule has 0 N–H and O–H groups in total. The number of hydrogen-bond acceptors (Lipinski definition) is 5. The van der Waals surface area contributed by atoms with Gasteiger partial charge in [-0.15, -0.1) is 10.2 Å². The highest BCUT2D eigenvalue weighted by atomic mass is 35.5. The Bertz CT molecular complexity index is 1600. The highest BCUT2D eigenvalue weighted by molar-refractivity contribution is 6.33. The monoisotopic (exact) mass is 425 g/mol. The lowest BCUT2D eigenvalue weighted by atomic mass is 10.1. The maximum absolute atomic E-state index is 6.29. The van der Waals surface area contributed by atoms with Crippen molar-refractivity contribution in [2.45, 2.75) is 13.5 Å². The van der Waals surface area contributed by atoms with Gasteiger partial charge in [0.25, 0.3) is 0 Å². The van der Waals surface area contributed by atoms with Gasteiger partial charge in [0, 0.05) is 5.39 Å². The molecule has 0 radical (unpaired) electrons. The van der Waals surface area contributed by atoms with Crippen molar-refractivity contribution in [3.05, 3.63) is 83.2 Å². The van der Waals surface area contributed by atoms with Crippen LogP contribution in [0, 0.1) is 6.92 Å². The van der Waals surface area contributed by atoms with Gasteiger partial charge in [0.15, 0.2) is 5.65 Å². The lowest BCUT2D eigenvalue weighted by molar-refractivity contribution is 0.494. The van der Waals surface area contributed by atoms with Crippen LogP contribution in [0.5, 0.6) is 0 Å². The van der Waals surface area contributed by atoms with E-state index in [-0.39, 0.29) is 0 Å². The van der Waals surface area contributed by atoms with E-state index in [1.807, 2.05) is 42.5 Å². The summed E-state index contributed by atoms with van der Waals surface area (Å²) in [5.74, 6) is 0.873. The van der Waals surface area contributed by atoms with Gasteiger partial charge in [0.2, 0.25) is 11.8 Å². The molecule has 6 aromatic rings. The van der Waals surface area contributed by atoms with Crippen LogP contribution in [0.15, 0.2) is 71.1 Å². The molecule has 0 fully saturated rings. The smallest absolute Gasteiger partial charge is 0.249 e. The first-order valence-electron chi connectivity index (χ1n) is 9.90. The zero-order valence-electron chi connectivity index (χ0n) is 16.6. The molecular formula is C24H16ClN5O. The maximum atomic E-state index is 6.29. The molecule has 7 heteroatoms. The molecule has 0 saturated carbocycles. The fourth-order valence-corrected chi connectivity index (χ4v) is 4.12. The number of benzene rings is 3. The average molecular weight is 426 g/mol. The van der Waals surface area contributed by atoms with Crippen LogP contribution < -0.4 is 0 Å². The van der Waals surface area contributed by atoms with Crippen LogP contribution in [0.1, 0.15) is 11.5 Å². The summed E-state index contributed by atoms with van der Waals surface area (Å²) in [5.41, 5.74) is 6.27. The first-order valence-corrected chi connectivity index (χ1v) is 10.3. The molecule has 0 spiro atoms. The second-order valence-corrected chi connectivity index (χ2v) is 7.88. The Kier molecular flexibility index (Phi) is 4.01. The highest BCUT2D eigenvalue weighted by Gasteiger charge is 2.18. The zero-order chi connectivity index (χ0) is 20.9. The van der Waals surface area contributed by atoms with Gasteiger partial charge >= 0.3 is 0 Å². The maximum Gasteiger partial charge on any atom is 0.249 e. The number of aryl methyl sites for hydroxylation is 1. The number of hydrogen-bond donors (Lipinski definition) is 0. The second kappa shape index (κ2) is 6.89. The summed E-state index contributed by atoms with van der Waals surface area (Å²) in [6.07, 6.45) is 0. The second-order valence-electron chi connectivity index (χ2n) is 7.47. The zero-order valence-corrected chi connectivity index (χ0v) is 17.3. The standard InChI is InChI=1S/C24H16ClN5O/c1-14-10-11-20-16(12-14)22-23(27-19-9-5-4-8-18(19)26-22)30(20)13-21-28-29-24(31-21)15-6-2-3-7-17(15)25/h2-12H,13H2,1H3. The molecule has 0 aliphatic carbocycles. The quantitative estimate of drug-likeness (QED) is 0.358. The summed E-state index contributed by atoms with van der Waals surface area (Å²) in [6.45, 7) is 2.46. The van der Waals surface area contributed by atoms with E-state index in [1.54, 1.807) is 6.07 Å². The third-order valence-electron chi connectivity index (χ3n) is 5.37. The summed E-state index contributed by atoms with van der Waals surface area (Å²) in [6, 6.07) is 21.6. The van der Waals surface area contributed by atoms with Crippen molar-refractivity contribution in [1.82, 2.24) is 24.7 Å². The van der Waals surface area contributed by atoms with Crippen LogP contribution >= 0.6 is 11.6 Å². The number of para-hydroxylation sites is 2. The summed E-state index contributed by atoms with van der Waals surface area (Å²) in [7, 11) is 0. The minimum absolute atomic E-state index is 0.382. The molecule has 150 valence electrons. The van der Waals surface area contributed by atoms with Crippen LogP contribution in [0.3, 0.4) is 0 Å². The van der Waals surface area contributed by atoms with Crippen molar-refractivity contribution in [2.75, 3.05) is 0 Å². The minimum atomic E-state index is 0.382. The summed E-state index contributed by atoms with van der Waals surface area (Å²) < 4.78 is 8.03. The molecule has 3 aromatic heterocycles. The molecule has 6 nitrogen and oxygen atoms in total. The molecule has 0 aliphatic rings. The van der Waals surface area contributed by atoms with Gasteiger partial charge in [0.05, 0.1) is 27.1 Å². The van der Waals surface area contributed by atoms with Crippen molar-refractivity contribution >= 4 is 44.7 Å². The Morgan fingerprint density at radius 1 is 0.903 bits per heavy atom. The molecule has 3 heterocycles. The predicted molar refractivity (Wildman–Crippen MR) is 121 cm³/mol. The lowest BCUT2D eigenvalue weighted by Gasteiger charge is -2.04. The van der Waals surface area contributed by atoms with E-state index >= 15 is 0 Å². The third kappa shape index (κ3) is 2.95. The molecule has 0 saturated heterocycles. The number of halogens is 1. The highest BCUT2D eigenvalue weighted by Crippen LogP contribution is 2.31. The Labute approximate surface area is 182 Å². The molecule has 0 unspecified atom stereocenters. The Balaban J connectivity index is 1.54. The number of nitrogens with zero attached hydrogens (tertiary/aromatic N) is 5. The minimum Gasteiger partial charge on any atom is -0.419 e. The lowest BCUT2D eigenvalue weighted by Crippen LogP contribution is -2.01. The van der Waals surface area contributed by atoms with Gasteiger partial charge < -0.3 is 8.98 Å². The Hall–Kier alpha value is -3.77. The molecule has 0 amide bonds. The van der Waals surface area contributed by atoms with E-state index in [0.29, 0.717) is 28.9 Å². The number of fused-ring (bicyclic) bond motifs is 4. The van der Waals surface area contributed by atoms with E-state index in [0.717, 1.165) is 33.1 Å². The summed E-state index contributed by atoms with van der Waals surface area (Å²) in [4.78, 5) is 9.82. The van der Waals surface area contributed by atoms with Gasteiger partial charge in [-0.05, 0) is 43.3 Å². The number of rotatable bonds is 3. The van der Waals surface area contributed by atoms with Crippen molar-refractivity contribution < 1.29 is 4.42 Å². The van der Waals surface area contributed by atoms with E-state index in [1.165, 1.54) is 5.56 Å². The topological polar surface area (TPSA) is 69.6 Å².